The third-order valence-corrected chi connectivity index (χ3v) is 3.45. The van der Waals surface area contributed by atoms with Crippen molar-refractivity contribution in [1.82, 2.24) is 5.01 Å². The molecule has 0 unspecified atom stereocenters. The Balaban J connectivity index is 2.11. The van der Waals surface area contributed by atoms with Gasteiger partial charge in [0, 0.05) is 12.1 Å². The van der Waals surface area contributed by atoms with Gasteiger partial charge in [-0.05, 0) is 30.0 Å². The van der Waals surface area contributed by atoms with E-state index in [9.17, 15) is 15.0 Å². The van der Waals surface area contributed by atoms with E-state index < -0.39 is 4.92 Å². The molecule has 6 nitrogen and oxygen atoms in total. The second kappa shape index (κ2) is 3.01. The van der Waals surface area contributed by atoms with Gasteiger partial charge in [0.2, 0.25) is 0 Å². The minimum absolute atomic E-state index is 0.0262. The van der Waals surface area contributed by atoms with Gasteiger partial charge in [-0.1, -0.05) is 0 Å². The highest BCUT2D eigenvalue weighted by atomic mass is 16.6. The molecule has 2 heterocycles. The van der Waals surface area contributed by atoms with Crippen molar-refractivity contribution in [2.75, 3.05) is 0 Å². The molecule has 0 radical (unpaired) electrons. The SMILES string of the molecule is O=NN1[C@@H]2CC[C@H]1c1ccc([N+](=O)[O-])cc12. The summed E-state index contributed by atoms with van der Waals surface area (Å²) in [4.78, 5) is 21.0. The fraction of sp³-hybridized carbons (Fsp3) is 0.400. The number of nitro groups is 1. The standard InChI is InChI=1S/C10H9N3O3/c14-11-12-9-3-4-10(12)8-5-6(13(15)16)1-2-7(8)9/h1-2,5,9-10H,3-4H2/t9-,10+/m0/s1. The minimum atomic E-state index is -0.412. The molecule has 0 N–H and O–H groups in total. The first-order valence-corrected chi connectivity index (χ1v) is 5.12. The first kappa shape index (κ1) is 9.26. The lowest BCUT2D eigenvalue weighted by Crippen LogP contribution is -2.10. The second-order valence-electron chi connectivity index (χ2n) is 4.14. The monoisotopic (exact) mass is 219 g/mol. The minimum Gasteiger partial charge on any atom is -0.258 e. The van der Waals surface area contributed by atoms with Gasteiger partial charge in [0.25, 0.3) is 5.69 Å². The zero-order valence-electron chi connectivity index (χ0n) is 8.37. The van der Waals surface area contributed by atoms with Gasteiger partial charge >= 0.3 is 0 Å². The van der Waals surface area contributed by atoms with Crippen LogP contribution in [0.25, 0.3) is 0 Å². The first-order valence-electron chi connectivity index (χ1n) is 5.12. The lowest BCUT2D eigenvalue weighted by Gasteiger charge is -2.12. The van der Waals surface area contributed by atoms with Crippen molar-refractivity contribution >= 4 is 5.69 Å². The quantitative estimate of drug-likeness (QED) is 0.435. The number of hydrogen-bond donors (Lipinski definition) is 0. The highest BCUT2D eigenvalue weighted by molar-refractivity contribution is 5.47. The molecule has 2 bridgehead atoms. The molecule has 1 aromatic carbocycles. The number of nitrogens with zero attached hydrogens (tertiary/aromatic N) is 3. The number of benzene rings is 1. The molecular weight excluding hydrogens is 210 g/mol. The lowest BCUT2D eigenvalue weighted by atomic mass is 9.91. The number of fused-ring (bicyclic) bond motifs is 5. The molecule has 1 fully saturated rings. The van der Waals surface area contributed by atoms with E-state index in [4.69, 9.17) is 0 Å². The lowest BCUT2D eigenvalue weighted by molar-refractivity contribution is -0.384. The smallest absolute Gasteiger partial charge is 0.258 e. The summed E-state index contributed by atoms with van der Waals surface area (Å²) in [7, 11) is 0. The van der Waals surface area contributed by atoms with E-state index in [2.05, 4.69) is 5.29 Å². The van der Waals surface area contributed by atoms with Crippen molar-refractivity contribution in [2.24, 2.45) is 5.29 Å². The third-order valence-electron chi connectivity index (χ3n) is 3.45. The maximum atomic E-state index is 10.7. The van der Waals surface area contributed by atoms with Crippen LogP contribution in [-0.2, 0) is 0 Å². The molecule has 0 saturated carbocycles. The molecule has 0 spiro atoms. The largest absolute Gasteiger partial charge is 0.269 e. The Morgan fingerprint density at radius 1 is 1.31 bits per heavy atom. The summed E-state index contributed by atoms with van der Waals surface area (Å²) in [6.07, 6.45) is 1.76. The average Bonchev–Trinajstić information content (AvgIpc) is 2.83. The van der Waals surface area contributed by atoms with Gasteiger partial charge in [-0.3, -0.25) is 10.1 Å². The molecule has 2 aliphatic rings. The van der Waals surface area contributed by atoms with Crippen molar-refractivity contribution in [3.05, 3.63) is 44.3 Å². The van der Waals surface area contributed by atoms with Crippen molar-refractivity contribution in [3.63, 3.8) is 0 Å². The molecule has 1 saturated heterocycles. The number of rotatable bonds is 2. The highest BCUT2D eigenvalue weighted by Crippen LogP contribution is 2.53. The third kappa shape index (κ3) is 1.01. The normalized spacial score (nSPS) is 25.6. The number of nitro benzene ring substituents is 1. The van der Waals surface area contributed by atoms with Crippen molar-refractivity contribution in [1.29, 1.82) is 0 Å². The molecule has 0 amide bonds. The Kier molecular flexibility index (Phi) is 1.74. The molecule has 6 heteroatoms. The fourth-order valence-corrected chi connectivity index (χ4v) is 2.78. The van der Waals surface area contributed by atoms with Crippen LogP contribution >= 0.6 is 0 Å². The van der Waals surface area contributed by atoms with E-state index in [1.54, 1.807) is 12.1 Å². The summed E-state index contributed by atoms with van der Waals surface area (Å²) in [5.74, 6) is 0. The summed E-state index contributed by atoms with van der Waals surface area (Å²) < 4.78 is 0. The van der Waals surface area contributed by atoms with Gasteiger partial charge in [0.05, 0.1) is 22.3 Å². The van der Waals surface area contributed by atoms with Gasteiger partial charge in [-0.2, -0.15) is 0 Å². The van der Waals surface area contributed by atoms with Crippen LogP contribution in [0.15, 0.2) is 23.5 Å². The van der Waals surface area contributed by atoms with Gasteiger partial charge in [-0.25, -0.2) is 5.01 Å². The van der Waals surface area contributed by atoms with Crippen LogP contribution in [0.2, 0.25) is 0 Å². The van der Waals surface area contributed by atoms with Crippen LogP contribution in [0.1, 0.15) is 36.1 Å². The summed E-state index contributed by atoms with van der Waals surface area (Å²) in [6, 6.07) is 4.77. The van der Waals surface area contributed by atoms with Crippen LogP contribution in [0.3, 0.4) is 0 Å². The summed E-state index contributed by atoms with van der Waals surface area (Å²) in [5, 5.41) is 15.2. The van der Waals surface area contributed by atoms with E-state index in [0.717, 1.165) is 24.0 Å². The summed E-state index contributed by atoms with van der Waals surface area (Å²) in [5.41, 5.74) is 1.99. The van der Waals surface area contributed by atoms with E-state index in [1.165, 1.54) is 11.1 Å². The molecule has 2 aliphatic heterocycles. The van der Waals surface area contributed by atoms with Crippen LogP contribution in [0, 0.1) is 15.0 Å². The Morgan fingerprint density at radius 2 is 2.00 bits per heavy atom. The molecule has 0 aromatic heterocycles. The topological polar surface area (TPSA) is 75.8 Å². The predicted octanol–water partition coefficient (Wildman–Crippen LogP) is 2.47. The molecule has 16 heavy (non-hydrogen) atoms. The summed E-state index contributed by atoms with van der Waals surface area (Å²) in [6.45, 7) is 0. The number of hydrogen-bond acceptors (Lipinski definition) is 4. The van der Waals surface area contributed by atoms with Gasteiger partial charge < -0.3 is 0 Å². The van der Waals surface area contributed by atoms with Crippen molar-refractivity contribution in [3.8, 4) is 0 Å². The Morgan fingerprint density at radius 3 is 2.62 bits per heavy atom. The van der Waals surface area contributed by atoms with Gasteiger partial charge in [-0.15, -0.1) is 4.91 Å². The summed E-state index contributed by atoms with van der Waals surface area (Å²) >= 11 is 0. The molecule has 1 aromatic rings. The predicted molar refractivity (Wildman–Crippen MR) is 55.4 cm³/mol. The van der Waals surface area contributed by atoms with Gasteiger partial charge in [0.15, 0.2) is 0 Å². The zero-order valence-corrected chi connectivity index (χ0v) is 8.37. The molecular formula is C10H9N3O3. The van der Waals surface area contributed by atoms with E-state index >= 15 is 0 Å². The zero-order chi connectivity index (χ0) is 11.3. The molecule has 82 valence electrons. The van der Waals surface area contributed by atoms with E-state index in [0.29, 0.717) is 0 Å². The molecule has 0 aliphatic carbocycles. The maximum absolute atomic E-state index is 10.7. The Bertz CT molecular complexity index is 488. The van der Waals surface area contributed by atoms with E-state index in [-0.39, 0.29) is 17.8 Å². The fourth-order valence-electron chi connectivity index (χ4n) is 2.78. The number of non-ortho nitro benzene ring substituents is 1. The van der Waals surface area contributed by atoms with Crippen LogP contribution in [0.4, 0.5) is 5.69 Å². The van der Waals surface area contributed by atoms with Crippen molar-refractivity contribution < 1.29 is 4.92 Å². The molecule has 3 rings (SSSR count). The molecule has 2 atom stereocenters. The van der Waals surface area contributed by atoms with Crippen molar-refractivity contribution in [2.45, 2.75) is 24.9 Å². The average molecular weight is 219 g/mol. The second-order valence-corrected chi connectivity index (χ2v) is 4.14. The van der Waals surface area contributed by atoms with E-state index in [1.807, 2.05) is 0 Å². The maximum Gasteiger partial charge on any atom is 0.269 e. The van der Waals surface area contributed by atoms with Crippen LogP contribution < -0.4 is 0 Å². The Hall–Kier alpha value is -1.98. The van der Waals surface area contributed by atoms with Crippen LogP contribution in [-0.4, -0.2) is 9.93 Å². The van der Waals surface area contributed by atoms with Gasteiger partial charge in [0.1, 0.15) is 0 Å². The highest BCUT2D eigenvalue weighted by Gasteiger charge is 2.45. The first-order chi connectivity index (χ1) is 7.72. The number of nitroso groups, excluding NO2 is 1. The van der Waals surface area contributed by atoms with Crippen LogP contribution in [0.5, 0.6) is 0 Å². The Labute approximate surface area is 91.0 Å².